The Morgan fingerprint density at radius 2 is 2.00 bits per heavy atom. The van der Waals surface area contributed by atoms with Crippen LogP contribution < -0.4 is 4.90 Å². The molecular weight excluding hydrogens is 414 g/mol. The third kappa shape index (κ3) is 3.11. The summed E-state index contributed by atoms with van der Waals surface area (Å²) in [4.78, 5) is 34.6. The average molecular weight is 433 g/mol. The summed E-state index contributed by atoms with van der Waals surface area (Å²) in [5.74, 6) is -0.764. The van der Waals surface area contributed by atoms with Gasteiger partial charge in [0.05, 0.1) is 34.3 Å². The van der Waals surface area contributed by atoms with Gasteiger partial charge in [-0.15, -0.1) is 11.3 Å². The number of hydrogen-bond acceptors (Lipinski definition) is 7. The molecule has 0 saturated heterocycles. The number of anilines is 1. The number of hydrogen-bond donors (Lipinski definition) is 0. The highest BCUT2D eigenvalue weighted by Gasteiger charge is 2.40. The highest BCUT2D eigenvalue weighted by atomic mass is 32.1. The topological polar surface area (TPSA) is 85.5 Å². The number of amides is 1. The number of rotatable bonds is 3. The molecule has 1 aromatic carbocycles. The summed E-state index contributed by atoms with van der Waals surface area (Å²) in [6, 6.07) is 12.5. The Hall–Kier alpha value is -3.52. The van der Waals surface area contributed by atoms with Gasteiger partial charge in [0.25, 0.3) is 11.6 Å². The van der Waals surface area contributed by atoms with E-state index in [0.29, 0.717) is 40.2 Å². The first-order valence-electron chi connectivity index (χ1n) is 9.81. The molecule has 0 fully saturated rings. The molecule has 8 heteroatoms. The molecule has 1 aliphatic rings. The van der Waals surface area contributed by atoms with Gasteiger partial charge in [-0.25, -0.2) is 9.78 Å². The number of thiophene rings is 1. The first-order valence-corrected chi connectivity index (χ1v) is 10.6. The highest BCUT2D eigenvalue weighted by Crippen LogP contribution is 2.37. The van der Waals surface area contributed by atoms with Crippen molar-refractivity contribution in [2.45, 2.75) is 26.3 Å². The zero-order chi connectivity index (χ0) is 21.7. The lowest BCUT2D eigenvalue weighted by Crippen LogP contribution is -2.43. The van der Waals surface area contributed by atoms with Crippen molar-refractivity contribution in [3.05, 3.63) is 64.2 Å². The maximum atomic E-state index is 13.9. The fourth-order valence-electron chi connectivity index (χ4n) is 4.05. The quantitative estimate of drug-likeness (QED) is 0.448. The van der Waals surface area contributed by atoms with Crippen molar-refractivity contribution in [3.63, 3.8) is 0 Å². The average Bonchev–Trinajstić information content (AvgIpc) is 3.49. The van der Waals surface area contributed by atoms with Crippen molar-refractivity contribution in [3.8, 4) is 10.6 Å². The van der Waals surface area contributed by atoms with Crippen molar-refractivity contribution < 1.29 is 18.8 Å². The zero-order valence-corrected chi connectivity index (χ0v) is 18.0. The maximum absolute atomic E-state index is 13.9. The summed E-state index contributed by atoms with van der Waals surface area (Å²) in [5, 5.41) is 4.57. The Kier molecular flexibility index (Phi) is 4.59. The number of esters is 1. The van der Waals surface area contributed by atoms with Gasteiger partial charge in [-0.05, 0) is 43.7 Å². The minimum atomic E-state index is -0.731. The third-order valence-corrected chi connectivity index (χ3v) is 6.53. The summed E-state index contributed by atoms with van der Waals surface area (Å²) in [6.45, 7) is 3.79. The monoisotopic (exact) mass is 433 g/mol. The van der Waals surface area contributed by atoms with Gasteiger partial charge in [0.2, 0.25) is 0 Å². The van der Waals surface area contributed by atoms with E-state index in [2.05, 4.69) is 10.1 Å². The minimum absolute atomic E-state index is 0.298. The van der Waals surface area contributed by atoms with Crippen molar-refractivity contribution >= 4 is 40.0 Å². The smallest absolute Gasteiger partial charge is 0.329 e. The number of nitrogens with zero attached hydrogens (tertiary/aromatic N) is 3. The number of carbonyl (C=O) groups excluding carboxylic acids is 2. The molecule has 1 amide bonds. The molecule has 4 heterocycles. The second kappa shape index (κ2) is 7.31. The van der Waals surface area contributed by atoms with Gasteiger partial charge < -0.3 is 9.26 Å². The van der Waals surface area contributed by atoms with Gasteiger partial charge in [-0.2, -0.15) is 0 Å². The lowest BCUT2D eigenvalue weighted by atomic mass is 10.1. The molecule has 0 bridgehead atoms. The fourth-order valence-corrected chi connectivity index (χ4v) is 4.88. The number of benzene rings is 1. The largest absolute Gasteiger partial charge is 0.467 e. The first kappa shape index (κ1) is 19.4. The molecule has 0 aliphatic carbocycles. The summed E-state index contributed by atoms with van der Waals surface area (Å²) in [5.41, 5.74) is 3.53. The molecule has 0 saturated carbocycles. The molecule has 7 nitrogen and oxygen atoms in total. The fraction of sp³-hybridized carbons (Fsp3) is 0.217. The van der Waals surface area contributed by atoms with E-state index in [0.717, 1.165) is 15.3 Å². The Balaban J connectivity index is 1.70. The third-order valence-electron chi connectivity index (χ3n) is 5.51. The Bertz CT molecular complexity index is 1340. The minimum Gasteiger partial charge on any atom is -0.467 e. The van der Waals surface area contributed by atoms with E-state index in [9.17, 15) is 9.59 Å². The lowest BCUT2D eigenvalue weighted by molar-refractivity contribution is -0.141. The normalized spacial score (nSPS) is 15.3. The molecule has 0 radical (unpaired) electrons. The van der Waals surface area contributed by atoms with Crippen LogP contribution in [0.1, 0.15) is 26.5 Å². The number of carbonyl (C=O) groups is 2. The number of pyridine rings is 1. The van der Waals surface area contributed by atoms with Crippen molar-refractivity contribution in [1.82, 2.24) is 10.1 Å². The van der Waals surface area contributed by atoms with E-state index in [1.54, 1.807) is 24.3 Å². The molecule has 4 aromatic rings. The molecule has 3 aromatic heterocycles. The molecule has 5 rings (SSSR count). The van der Waals surface area contributed by atoms with Crippen molar-refractivity contribution in [2.24, 2.45) is 0 Å². The molecule has 1 atom stereocenters. The number of methoxy groups -OCH3 is 1. The molecule has 1 unspecified atom stereocenters. The van der Waals surface area contributed by atoms with E-state index in [4.69, 9.17) is 9.26 Å². The van der Waals surface area contributed by atoms with Crippen LogP contribution in [0.5, 0.6) is 0 Å². The van der Waals surface area contributed by atoms with Crippen molar-refractivity contribution in [2.75, 3.05) is 12.0 Å². The van der Waals surface area contributed by atoms with Gasteiger partial charge in [0, 0.05) is 17.0 Å². The van der Waals surface area contributed by atoms with Crippen LogP contribution in [0.25, 0.3) is 21.7 Å². The molecule has 1 aliphatic heterocycles. The number of aromatic nitrogens is 2. The number of ether oxygens (including phenoxy) is 1. The predicted molar refractivity (Wildman–Crippen MR) is 117 cm³/mol. The van der Waals surface area contributed by atoms with E-state index in [-0.39, 0.29) is 5.91 Å². The van der Waals surface area contributed by atoms with Crippen LogP contribution in [0.4, 0.5) is 5.69 Å². The van der Waals surface area contributed by atoms with Gasteiger partial charge in [-0.1, -0.05) is 23.4 Å². The van der Waals surface area contributed by atoms with Gasteiger partial charge in [-0.3, -0.25) is 9.69 Å². The molecule has 156 valence electrons. The number of para-hydroxylation sites is 1. The SMILES string of the molecule is COC(=O)C1Cc2ccccc2N1C(=O)c1cc(-c2ccc(C)s2)nc2onc(C)c12. The summed E-state index contributed by atoms with van der Waals surface area (Å²) >= 11 is 1.58. The van der Waals surface area contributed by atoms with E-state index in [1.807, 2.05) is 43.3 Å². The van der Waals surface area contributed by atoms with Crippen LogP contribution in [0.3, 0.4) is 0 Å². The second-order valence-electron chi connectivity index (χ2n) is 7.46. The second-order valence-corrected chi connectivity index (χ2v) is 8.75. The van der Waals surface area contributed by atoms with Crippen LogP contribution in [-0.2, 0) is 16.0 Å². The Morgan fingerprint density at radius 1 is 1.19 bits per heavy atom. The van der Waals surface area contributed by atoms with Crippen LogP contribution in [0, 0.1) is 13.8 Å². The maximum Gasteiger partial charge on any atom is 0.329 e. The Morgan fingerprint density at radius 3 is 2.74 bits per heavy atom. The summed E-state index contributed by atoms with van der Waals surface area (Å²) in [6.07, 6.45) is 0.405. The molecule has 31 heavy (non-hydrogen) atoms. The summed E-state index contributed by atoms with van der Waals surface area (Å²) < 4.78 is 10.4. The lowest BCUT2D eigenvalue weighted by Gasteiger charge is -2.24. The first-order chi connectivity index (χ1) is 15.0. The zero-order valence-electron chi connectivity index (χ0n) is 17.2. The Labute approximate surface area is 182 Å². The van der Waals surface area contributed by atoms with E-state index >= 15 is 0 Å². The standard InChI is InChI=1S/C23H19N3O4S/c1-12-8-9-19(31-12)16-11-15(20-13(2)25-30-21(20)24-16)22(27)26-17-7-5-4-6-14(17)10-18(26)23(28)29-3/h4-9,11,18H,10H2,1-3H3. The number of fused-ring (bicyclic) bond motifs is 2. The van der Waals surface area contributed by atoms with Gasteiger partial charge >= 0.3 is 5.97 Å². The number of aryl methyl sites for hydroxylation is 2. The van der Waals surface area contributed by atoms with Crippen LogP contribution in [0.15, 0.2) is 47.0 Å². The van der Waals surface area contributed by atoms with Gasteiger partial charge in [0.15, 0.2) is 0 Å². The summed E-state index contributed by atoms with van der Waals surface area (Å²) in [7, 11) is 1.33. The molecule has 0 N–H and O–H groups in total. The van der Waals surface area contributed by atoms with Crippen LogP contribution in [0.2, 0.25) is 0 Å². The van der Waals surface area contributed by atoms with E-state index < -0.39 is 12.0 Å². The van der Waals surface area contributed by atoms with Crippen molar-refractivity contribution in [1.29, 1.82) is 0 Å². The van der Waals surface area contributed by atoms with E-state index in [1.165, 1.54) is 12.0 Å². The van der Waals surface area contributed by atoms with Crippen LogP contribution >= 0.6 is 11.3 Å². The predicted octanol–water partition coefficient (Wildman–Crippen LogP) is 4.31. The van der Waals surface area contributed by atoms with Crippen LogP contribution in [-0.4, -0.2) is 35.2 Å². The van der Waals surface area contributed by atoms with Gasteiger partial charge in [0.1, 0.15) is 6.04 Å². The highest BCUT2D eigenvalue weighted by molar-refractivity contribution is 7.15. The molecule has 0 spiro atoms. The molecular formula is C23H19N3O4S.